The van der Waals surface area contributed by atoms with E-state index in [1.807, 2.05) is 36.4 Å². The van der Waals surface area contributed by atoms with Gasteiger partial charge in [-0.15, -0.1) is 11.3 Å². The average molecular weight is 617 g/mol. The first kappa shape index (κ1) is 26.1. The molecular weight excluding hydrogens is 593 g/mol. The molecule has 0 fully saturated rings. The third kappa shape index (κ3) is 3.78. The Morgan fingerprint density at radius 2 is 1.26 bits per heavy atom. The number of benzene rings is 7. The minimum absolute atomic E-state index is 0.669. The van der Waals surface area contributed by atoms with Crippen LogP contribution >= 0.6 is 11.3 Å². The molecule has 0 aliphatic heterocycles. The van der Waals surface area contributed by atoms with Crippen LogP contribution < -0.4 is 0 Å². The van der Waals surface area contributed by atoms with E-state index in [-0.39, 0.29) is 0 Å². The molecule has 0 amide bonds. The van der Waals surface area contributed by atoms with Crippen molar-refractivity contribution in [2.45, 2.75) is 0 Å². The van der Waals surface area contributed by atoms with E-state index in [0.29, 0.717) is 5.69 Å². The Morgan fingerprint density at radius 1 is 0.511 bits per heavy atom. The highest BCUT2D eigenvalue weighted by Crippen LogP contribution is 2.47. The first-order valence-electron chi connectivity index (χ1n) is 15.6. The molecule has 0 bridgehead atoms. The second-order valence-corrected chi connectivity index (χ2v) is 13.0. The zero-order valence-corrected chi connectivity index (χ0v) is 25.9. The number of fused-ring (bicyclic) bond motifs is 9. The molecule has 0 aliphatic carbocycles. The maximum absolute atomic E-state index is 8.24. The predicted octanol–water partition coefficient (Wildman–Crippen LogP) is 12.9. The van der Waals surface area contributed by atoms with E-state index < -0.39 is 0 Å². The van der Waals surface area contributed by atoms with Crippen molar-refractivity contribution in [3.05, 3.63) is 157 Å². The zero-order chi connectivity index (χ0) is 31.1. The van der Waals surface area contributed by atoms with Crippen molar-refractivity contribution < 1.29 is 4.42 Å². The van der Waals surface area contributed by atoms with Gasteiger partial charge in [0, 0.05) is 31.6 Å². The van der Waals surface area contributed by atoms with Gasteiger partial charge in [0.05, 0.1) is 28.0 Å². The molecule has 0 saturated heterocycles. The van der Waals surface area contributed by atoms with Crippen LogP contribution in [0, 0.1) is 6.57 Å². The summed E-state index contributed by atoms with van der Waals surface area (Å²) in [4.78, 5) is 4.08. The summed E-state index contributed by atoms with van der Waals surface area (Å²) in [6, 6.07) is 51.3. The Hall–Kier alpha value is -6.15. The molecule has 3 heterocycles. The van der Waals surface area contributed by atoms with Crippen molar-refractivity contribution in [2.75, 3.05) is 0 Å². The minimum atomic E-state index is 0.669. The third-order valence-electron chi connectivity index (χ3n) is 9.41. The largest absolute Gasteiger partial charge is 0.456 e. The number of hydrogen-bond donors (Lipinski definition) is 0. The van der Waals surface area contributed by atoms with Gasteiger partial charge in [-0.1, -0.05) is 103 Å². The van der Waals surface area contributed by atoms with E-state index in [9.17, 15) is 0 Å². The molecule has 10 rings (SSSR count). The lowest BCUT2D eigenvalue weighted by molar-refractivity contribution is 0.669. The standard InChI is InChI=1S/C43H24N2OS/c1-44-35-24-28(29-15-10-20-40-41(29)33-14-6-8-19-39(33)46-40)23-34-32-16-9-18-37(43(32)47-42(34)35)45-36-17-7-5-13-30(36)31-22-21-27(25-38(31)45)26-11-3-2-4-12-26/h2-25H. The molecule has 3 nitrogen and oxygen atoms in total. The van der Waals surface area contributed by atoms with Gasteiger partial charge in [-0.05, 0) is 70.1 Å². The fourth-order valence-electron chi connectivity index (χ4n) is 7.34. The van der Waals surface area contributed by atoms with Gasteiger partial charge in [0.1, 0.15) is 11.2 Å². The molecule has 7 aromatic carbocycles. The van der Waals surface area contributed by atoms with Crippen LogP contribution in [0.4, 0.5) is 5.69 Å². The van der Waals surface area contributed by atoms with Gasteiger partial charge in [-0.3, -0.25) is 0 Å². The molecule has 0 N–H and O–H groups in total. The summed E-state index contributed by atoms with van der Waals surface area (Å²) >= 11 is 1.71. The van der Waals surface area contributed by atoms with Crippen molar-refractivity contribution in [1.82, 2.24) is 4.57 Å². The molecule has 0 aliphatic rings. The first-order chi connectivity index (χ1) is 23.3. The van der Waals surface area contributed by atoms with Crippen LogP contribution in [-0.4, -0.2) is 4.57 Å². The quantitative estimate of drug-likeness (QED) is 0.181. The first-order valence-corrected chi connectivity index (χ1v) is 16.4. The lowest BCUT2D eigenvalue weighted by Gasteiger charge is -2.10. The lowest BCUT2D eigenvalue weighted by Crippen LogP contribution is -1.94. The highest BCUT2D eigenvalue weighted by molar-refractivity contribution is 7.26. The van der Waals surface area contributed by atoms with Crippen LogP contribution in [0.2, 0.25) is 0 Å². The molecule has 0 radical (unpaired) electrons. The number of para-hydroxylation sites is 2. The van der Waals surface area contributed by atoms with E-state index in [4.69, 9.17) is 11.0 Å². The molecule has 0 spiro atoms. The topological polar surface area (TPSA) is 22.4 Å². The summed E-state index contributed by atoms with van der Waals surface area (Å²) in [5.74, 6) is 0. The van der Waals surface area contributed by atoms with E-state index in [1.165, 1.54) is 37.6 Å². The van der Waals surface area contributed by atoms with Gasteiger partial charge >= 0.3 is 0 Å². The number of rotatable bonds is 3. The zero-order valence-electron chi connectivity index (χ0n) is 25.1. The summed E-state index contributed by atoms with van der Waals surface area (Å²) in [7, 11) is 0. The molecule has 10 aromatic rings. The van der Waals surface area contributed by atoms with Crippen molar-refractivity contribution in [3.63, 3.8) is 0 Å². The smallest absolute Gasteiger partial charge is 0.205 e. The number of nitrogens with zero attached hydrogens (tertiary/aromatic N) is 2. The third-order valence-corrected chi connectivity index (χ3v) is 10.7. The molecule has 0 atom stereocenters. The molecule has 3 aromatic heterocycles. The Morgan fingerprint density at radius 3 is 2.15 bits per heavy atom. The fourth-order valence-corrected chi connectivity index (χ4v) is 8.58. The highest BCUT2D eigenvalue weighted by Gasteiger charge is 2.20. The van der Waals surface area contributed by atoms with E-state index in [1.54, 1.807) is 11.3 Å². The normalized spacial score (nSPS) is 11.8. The molecule has 47 heavy (non-hydrogen) atoms. The number of aromatic nitrogens is 1. The SMILES string of the molecule is [C-]#[N+]c1cc(-c2cccc3oc4ccccc4c23)cc2c1sc1c(-n3c4ccccc4c4ccc(-c5ccccc5)cc43)cccc12. The highest BCUT2D eigenvalue weighted by atomic mass is 32.1. The van der Waals surface area contributed by atoms with E-state index in [0.717, 1.165) is 54.2 Å². The molecule has 0 saturated carbocycles. The number of thiophene rings is 1. The van der Waals surface area contributed by atoms with Crippen molar-refractivity contribution in [1.29, 1.82) is 0 Å². The van der Waals surface area contributed by atoms with Crippen LogP contribution in [0.1, 0.15) is 0 Å². The van der Waals surface area contributed by atoms with Crippen LogP contribution in [0.25, 0.3) is 96.7 Å². The van der Waals surface area contributed by atoms with Crippen LogP contribution in [-0.2, 0) is 0 Å². The Bertz CT molecular complexity index is 2920. The summed E-state index contributed by atoms with van der Waals surface area (Å²) in [6.45, 7) is 8.24. The van der Waals surface area contributed by atoms with Crippen molar-refractivity contribution in [3.8, 4) is 27.9 Å². The number of furan rings is 1. The van der Waals surface area contributed by atoms with Gasteiger partial charge in [0.2, 0.25) is 5.69 Å². The van der Waals surface area contributed by atoms with Gasteiger partial charge in [-0.25, -0.2) is 4.85 Å². The summed E-state index contributed by atoms with van der Waals surface area (Å²) in [5.41, 5.74) is 10.3. The fraction of sp³-hybridized carbons (Fsp3) is 0. The molecule has 0 unspecified atom stereocenters. The summed E-state index contributed by atoms with van der Waals surface area (Å²) in [6.07, 6.45) is 0. The van der Waals surface area contributed by atoms with E-state index in [2.05, 4.69) is 119 Å². The Balaban J connectivity index is 1.26. The van der Waals surface area contributed by atoms with Gasteiger partial charge in [0.25, 0.3) is 0 Å². The lowest BCUT2D eigenvalue weighted by atomic mass is 9.97. The summed E-state index contributed by atoms with van der Waals surface area (Å²) in [5, 5.41) is 6.88. The second kappa shape index (κ2) is 9.92. The van der Waals surface area contributed by atoms with Gasteiger partial charge in [0.15, 0.2) is 0 Å². The number of hydrogen-bond acceptors (Lipinski definition) is 2. The summed E-state index contributed by atoms with van der Waals surface area (Å²) < 4.78 is 10.8. The van der Waals surface area contributed by atoms with Gasteiger partial charge < -0.3 is 8.98 Å². The molecular formula is C43H24N2OS. The van der Waals surface area contributed by atoms with Gasteiger partial charge in [-0.2, -0.15) is 0 Å². The van der Waals surface area contributed by atoms with E-state index >= 15 is 0 Å². The average Bonchev–Trinajstić information content (AvgIpc) is 3.81. The molecule has 4 heteroatoms. The van der Waals surface area contributed by atoms with Crippen LogP contribution in [0.5, 0.6) is 0 Å². The van der Waals surface area contributed by atoms with Crippen LogP contribution in [0.3, 0.4) is 0 Å². The second-order valence-electron chi connectivity index (χ2n) is 12.0. The Kier molecular flexibility index (Phi) is 5.51. The Labute approximate surface area is 274 Å². The predicted molar refractivity (Wildman–Crippen MR) is 198 cm³/mol. The maximum atomic E-state index is 8.24. The van der Waals surface area contributed by atoms with Crippen LogP contribution in [0.15, 0.2) is 150 Å². The maximum Gasteiger partial charge on any atom is 0.205 e. The van der Waals surface area contributed by atoms with Crippen molar-refractivity contribution in [2.24, 2.45) is 0 Å². The van der Waals surface area contributed by atoms with Crippen molar-refractivity contribution >= 4 is 80.9 Å². The molecule has 218 valence electrons. The monoisotopic (exact) mass is 616 g/mol. The minimum Gasteiger partial charge on any atom is -0.456 e.